The Bertz CT molecular complexity index is 349. The SMILES string of the molecule is [O]c1cccc2cocc12. The molecule has 0 N–H and O–H groups in total. The van der Waals surface area contributed by atoms with Crippen LogP contribution in [0.3, 0.4) is 0 Å². The van der Waals surface area contributed by atoms with Gasteiger partial charge in [-0.3, -0.25) is 5.11 Å². The fourth-order valence-corrected chi connectivity index (χ4v) is 0.965. The minimum Gasteiger partial charge on any atom is -0.471 e. The Morgan fingerprint density at radius 2 is 2.10 bits per heavy atom. The van der Waals surface area contributed by atoms with Crippen LogP contribution in [0.25, 0.3) is 10.8 Å². The maximum Gasteiger partial charge on any atom is 0.189 e. The van der Waals surface area contributed by atoms with E-state index in [1.807, 2.05) is 6.07 Å². The second-order valence-corrected chi connectivity index (χ2v) is 2.13. The van der Waals surface area contributed by atoms with Crippen LogP contribution in [0.4, 0.5) is 0 Å². The van der Waals surface area contributed by atoms with Gasteiger partial charge in [0.15, 0.2) is 5.75 Å². The van der Waals surface area contributed by atoms with Crippen LogP contribution in [0.2, 0.25) is 0 Å². The van der Waals surface area contributed by atoms with Gasteiger partial charge in [-0.05, 0) is 6.07 Å². The second-order valence-electron chi connectivity index (χ2n) is 2.13. The third-order valence-electron chi connectivity index (χ3n) is 1.48. The van der Waals surface area contributed by atoms with Crippen LogP contribution in [0.15, 0.2) is 35.1 Å². The highest BCUT2D eigenvalue weighted by Gasteiger charge is 2.00. The van der Waals surface area contributed by atoms with Gasteiger partial charge >= 0.3 is 0 Å². The van der Waals surface area contributed by atoms with Gasteiger partial charge in [-0.1, -0.05) is 12.1 Å². The fraction of sp³-hybridized carbons (Fsp3) is 0. The number of benzene rings is 1. The average molecular weight is 133 g/mol. The molecule has 2 rings (SSSR count). The first-order valence-corrected chi connectivity index (χ1v) is 3.00. The van der Waals surface area contributed by atoms with Gasteiger partial charge in [0.05, 0.1) is 11.6 Å². The first-order chi connectivity index (χ1) is 4.88. The van der Waals surface area contributed by atoms with Gasteiger partial charge < -0.3 is 4.42 Å². The zero-order valence-electron chi connectivity index (χ0n) is 5.20. The number of rotatable bonds is 0. The Hall–Kier alpha value is -1.44. The molecule has 0 aliphatic rings. The average Bonchev–Trinajstić information content (AvgIpc) is 2.36. The van der Waals surface area contributed by atoms with Crippen molar-refractivity contribution in [3.05, 3.63) is 30.7 Å². The maximum atomic E-state index is 11.0. The fourth-order valence-electron chi connectivity index (χ4n) is 0.965. The Morgan fingerprint density at radius 1 is 1.20 bits per heavy atom. The van der Waals surface area contributed by atoms with Crippen molar-refractivity contribution in [3.63, 3.8) is 0 Å². The van der Waals surface area contributed by atoms with E-state index in [0.717, 1.165) is 5.39 Å². The summed E-state index contributed by atoms with van der Waals surface area (Å²) in [4.78, 5) is 0. The lowest BCUT2D eigenvalue weighted by molar-refractivity contribution is 0.360. The van der Waals surface area contributed by atoms with E-state index in [0.29, 0.717) is 5.39 Å². The zero-order chi connectivity index (χ0) is 6.97. The molecule has 10 heavy (non-hydrogen) atoms. The molecular weight excluding hydrogens is 128 g/mol. The molecular formula is C8H5O2. The largest absolute Gasteiger partial charge is 0.471 e. The lowest BCUT2D eigenvalue weighted by Gasteiger charge is -1.85. The monoisotopic (exact) mass is 133 g/mol. The van der Waals surface area contributed by atoms with Crippen molar-refractivity contribution < 1.29 is 9.52 Å². The van der Waals surface area contributed by atoms with E-state index in [2.05, 4.69) is 0 Å². The summed E-state index contributed by atoms with van der Waals surface area (Å²) >= 11 is 0. The summed E-state index contributed by atoms with van der Waals surface area (Å²) in [6.45, 7) is 0. The second kappa shape index (κ2) is 1.77. The molecule has 0 aliphatic carbocycles. The topological polar surface area (TPSA) is 33.0 Å². The molecule has 1 aromatic heterocycles. The molecule has 0 amide bonds. The highest BCUT2D eigenvalue weighted by atomic mass is 16.3. The van der Waals surface area contributed by atoms with Crippen LogP contribution in [0.1, 0.15) is 0 Å². The van der Waals surface area contributed by atoms with Gasteiger partial charge in [-0.25, -0.2) is 0 Å². The molecule has 1 aromatic carbocycles. The number of hydrogen-bond acceptors (Lipinski definition) is 1. The number of hydrogen-bond donors (Lipinski definition) is 0. The summed E-state index contributed by atoms with van der Waals surface area (Å²) in [5.41, 5.74) is 0. The third kappa shape index (κ3) is 0.589. The van der Waals surface area contributed by atoms with Gasteiger partial charge in [0.1, 0.15) is 6.26 Å². The Morgan fingerprint density at radius 3 is 2.90 bits per heavy atom. The Balaban J connectivity index is 2.95. The summed E-state index contributed by atoms with van der Waals surface area (Å²) in [5.74, 6) is 0.0197. The molecule has 1 heterocycles. The normalized spacial score (nSPS) is 10.4. The van der Waals surface area contributed by atoms with E-state index in [4.69, 9.17) is 4.42 Å². The third-order valence-corrected chi connectivity index (χ3v) is 1.48. The van der Waals surface area contributed by atoms with Gasteiger partial charge in [0.25, 0.3) is 0 Å². The molecule has 0 bridgehead atoms. The molecule has 0 aliphatic heterocycles. The molecule has 0 saturated heterocycles. The van der Waals surface area contributed by atoms with Crippen LogP contribution in [0, 0.1) is 0 Å². The highest BCUT2D eigenvalue weighted by Crippen LogP contribution is 2.24. The van der Waals surface area contributed by atoms with Crippen molar-refractivity contribution >= 4 is 10.8 Å². The van der Waals surface area contributed by atoms with Crippen LogP contribution in [-0.2, 0) is 5.11 Å². The summed E-state index contributed by atoms with van der Waals surface area (Å²) in [6.07, 6.45) is 3.04. The standard InChI is InChI=1S/C8H5O2/c9-8-3-1-2-6-4-10-5-7(6)8/h1-5H. The van der Waals surface area contributed by atoms with Gasteiger partial charge in [-0.2, -0.15) is 0 Å². The van der Waals surface area contributed by atoms with Crippen molar-refractivity contribution in [2.75, 3.05) is 0 Å². The number of fused-ring (bicyclic) bond motifs is 1. The van der Waals surface area contributed by atoms with E-state index in [9.17, 15) is 5.11 Å². The van der Waals surface area contributed by atoms with Crippen LogP contribution in [-0.4, -0.2) is 0 Å². The maximum absolute atomic E-state index is 11.0. The van der Waals surface area contributed by atoms with Gasteiger partial charge in [0.2, 0.25) is 0 Å². The van der Waals surface area contributed by atoms with Gasteiger partial charge in [0, 0.05) is 5.39 Å². The molecule has 1 radical (unpaired) electrons. The predicted octanol–water partition coefficient (Wildman–Crippen LogP) is 2.58. The van der Waals surface area contributed by atoms with E-state index in [1.54, 1.807) is 12.3 Å². The van der Waals surface area contributed by atoms with E-state index in [-0.39, 0.29) is 5.75 Å². The summed E-state index contributed by atoms with van der Waals surface area (Å²) in [7, 11) is 0. The molecule has 0 atom stereocenters. The minimum absolute atomic E-state index is 0.0197. The van der Waals surface area contributed by atoms with E-state index < -0.39 is 0 Å². The smallest absolute Gasteiger partial charge is 0.189 e. The van der Waals surface area contributed by atoms with Gasteiger partial charge in [-0.15, -0.1) is 0 Å². The van der Waals surface area contributed by atoms with Crippen molar-refractivity contribution in [2.45, 2.75) is 0 Å². The summed E-state index contributed by atoms with van der Waals surface area (Å²) in [6, 6.07) is 5.10. The minimum atomic E-state index is 0.0197. The summed E-state index contributed by atoms with van der Waals surface area (Å²) in [5, 5.41) is 12.5. The first-order valence-electron chi connectivity index (χ1n) is 3.00. The van der Waals surface area contributed by atoms with Crippen molar-refractivity contribution in [1.29, 1.82) is 0 Å². The first kappa shape index (κ1) is 5.35. The molecule has 0 fully saturated rings. The van der Waals surface area contributed by atoms with E-state index in [1.165, 1.54) is 12.3 Å². The van der Waals surface area contributed by atoms with Crippen LogP contribution < -0.4 is 0 Å². The molecule has 2 heteroatoms. The molecule has 0 spiro atoms. The lowest BCUT2D eigenvalue weighted by atomic mass is 10.2. The molecule has 2 nitrogen and oxygen atoms in total. The summed E-state index contributed by atoms with van der Waals surface area (Å²) < 4.78 is 4.85. The Kier molecular flexibility index (Phi) is 0.947. The van der Waals surface area contributed by atoms with Crippen LogP contribution in [0.5, 0.6) is 5.75 Å². The quantitative estimate of drug-likeness (QED) is 0.543. The highest BCUT2D eigenvalue weighted by molar-refractivity contribution is 5.86. The lowest BCUT2D eigenvalue weighted by Crippen LogP contribution is -1.62. The van der Waals surface area contributed by atoms with Crippen molar-refractivity contribution in [1.82, 2.24) is 0 Å². The zero-order valence-corrected chi connectivity index (χ0v) is 5.20. The molecule has 49 valence electrons. The van der Waals surface area contributed by atoms with Crippen molar-refractivity contribution in [2.24, 2.45) is 0 Å². The van der Waals surface area contributed by atoms with E-state index >= 15 is 0 Å². The molecule has 2 aromatic rings. The van der Waals surface area contributed by atoms with Crippen molar-refractivity contribution in [3.8, 4) is 5.75 Å². The number of furan rings is 1. The predicted molar refractivity (Wildman–Crippen MR) is 36.3 cm³/mol. The molecule has 0 saturated carbocycles. The van der Waals surface area contributed by atoms with Crippen LogP contribution >= 0.6 is 0 Å². The molecule has 0 unspecified atom stereocenters. The Labute approximate surface area is 57.7 Å².